The van der Waals surface area contributed by atoms with Crippen LogP contribution in [0.25, 0.3) is 0 Å². The summed E-state index contributed by atoms with van der Waals surface area (Å²) in [5.74, 6) is 0.849. The van der Waals surface area contributed by atoms with Crippen LogP contribution in [0, 0.1) is 6.92 Å². The smallest absolute Gasteiger partial charge is 0.130 e. The van der Waals surface area contributed by atoms with Gasteiger partial charge >= 0.3 is 0 Å². The zero-order chi connectivity index (χ0) is 13.7. The van der Waals surface area contributed by atoms with Crippen LogP contribution in [-0.2, 0) is 6.61 Å². The second-order valence-corrected chi connectivity index (χ2v) is 4.61. The lowest BCUT2D eigenvalue weighted by Crippen LogP contribution is -2.11. The molecule has 2 rings (SSSR count). The fourth-order valence-electron chi connectivity index (χ4n) is 1.95. The minimum atomic E-state index is 0.0148. The van der Waals surface area contributed by atoms with Gasteiger partial charge in [0.15, 0.2) is 0 Å². The molecule has 1 aromatic carbocycles. The van der Waals surface area contributed by atoms with Crippen LogP contribution in [-0.4, -0.2) is 4.98 Å². The first-order valence-electron chi connectivity index (χ1n) is 6.60. The minimum Gasteiger partial charge on any atom is -0.487 e. The molecule has 0 aliphatic carbocycles. The van der Waals surface area contributed by atoms with Crippen molar-refractivity contribution in [3.63, 3.8) is 0 Å². The summed E-state index contributed by atoms with van der Waals surface area (Å²) in [5, 5.41) is 0. The maximum Gasteiger partial charge on any atom is 0.130 e. The Morgan fingerprint density at radius 3 is 2.74 bits per heavy atom. The van der Waals surface area contributed by atoms with Crippen molar-refractivity contribution in [1.29, 1.82) is 0 Å². The van der Waals surface area contributed by atoms with Crippen LogP contribution < -0.4 is 10.5 Å². The van der Waals surface area contributed by atoms with Gasteiger partial charge in [-0.3, -0.25) is 4.98 Å². The van der Waals surface area contributed by atoms with Crippen molar-refractivity contribution >= 4 is 0 Å². The predicted octanol–water partition coefficient (Wildman–Crippen LogP) is 3.38. The third-order valence-corrected chi connectivity index (χ3v) is 3.24. The van der Waals surface area contributed by atoms with Gasteiger partial charge in [-0.2, -0.15) is 0 Å². The number of nitrogens with two attached hydrogens (primary N) is 1. The van der Waals surface area contributed by atoms with Gasteiger partial charge < -0.3 is 10.5 Å². The van der Waals surface area contributed by atoms with Gasteiger partial charge in [0.05, 0.1) is 5.69 Å². The molecule has 0 aliphatic rings. The highest BCUT2D eigenvalue weighted by molar-refractivity contribution is 5.36. The van der Waals surface area contributed by atoms with Crippen molar-refractivity contribution in [2.45, 2.75) is 32.9 Å². The van der Waals surface area contributed by atoms with Crippen LogP contribution in [0.4, 0.5) is 0 Å². The monoisotopic (exact) mass is 256 g/mol. The molecule has 0 saturated heterocycles. The van der Waals surface area contributed by atoms with E-state index >= 15 is 0 Å². The Balaban J connectivity index is 2.14. The van der Waals surface area contributed by atoms with Gasteiger partial charge in [-0.25, -0.2) is 0 Å². The molecule has 100 valence electrons. The Morgan fingerprint density at radius 1 is 1.21 bits per heavy atom. The Bertz CT molecular complexity index is 540. The normalized spacial score (nSPS) is 12.2. The first-order chi connectivity index (χ1) is 9.22. The molecule has 0 saturated carbocycles. The van der Waals surface area contributed by atoms with Crippen molar-refractivity contribution in [3.05, 3.63) is 59.4 Å². The third kappa shape index (κ3) is 3.32. The average molecular weight is 256 g/mol. The van der Waals surface area contributed by atoms with Crippen molar-refractivity contribution in [1.82, 2.24) is 4.98 Å². The van der Waals surface area contributed by atoms with Gasteiger partial charge in [0.1, 0.15) is 12.4 Å². The number of aryl methyl sites for hydroxylation is 1. The van der Waals surface area contributed by atoms with E-state index in [2.05, 4.69) is 11.9 Å². The summed E-state index contributed by atoms with van der Waals surface area (Å²) in [4.78, 5) is 4.33. The van der Waals surface area contributed by atoms with E-state index < -0.39 is 0 Å². The van der Waals surface area contributed by atoms with Crippen LogP contribution in [0.1, 0.15) is 36.2 Å². The van der Waals surface area contributed by atoms with Gasteiger partial charge in [-0.15, -0.1) is 0 Å². The molecule has 0 radical (unpaired) electrons. The Labute approximate surface area is 114 Å². The van der Waals surface area contributed by atoms with Crippen LogP contribution >= 0.6 is 0 Å². The van der Waals surface area contributed by atoms with Crippen LogP contribution in [0.15, 0.2) is 42.6 Å². The predicted molar refractivity (Wildman–Crippen MR) is 77.0 cm³/mol. The second kappa shape index (κ2) is 6.34. The molecule has 0 unspecified atom stereocenters. The lowest BCUT2D eigenvalue weighted by Gasteiger charge is -2.15. The second-order valence-electron chi connectivity index (χ2n) is 4.61. The molecule has 1 heterocycles. The summed E-state index contributed by atoms with van der Waals surface area (Å²) in [6.45, 7) is 4.58. The summed E-state index contributed by atoms with van der Waals surface area (Å²) in [7, 11) is 0. The topological polar surface area (TPSA) is 48.1 Å². The lowest BCUT2D eigenvalue weighted by atomic mass is 10.0. The summed E-state index contributed by atoms with van der Waals surface area (Å²) >= 11 is 0. The molecule has 2 aromatic rings. The third-order valence-electron chi connectivity index (χ3n) is 3.24. The average Bonchev–Trinajstić information content (AvgIpc) is 2.46. The highest BCUT2D eigenvalue weighted by atomic mass is 16.5. The summed E-state index contributed by atoms with van der Waals surface area (Å²) < 4.78 is 5.88. The molecule has 0 bridgehead atoms. The van der Waals surface area contributed by atoms with E-state index in [1.807, 2.05) is 43.3 Å². The molecule has 2 N–H and O–H groups in total. The van der Waals surface area contributed by atoms with Crippen LogP contribution in [0.3, 0.4) is 0 Å². The largest absolute Gasteiger partial charge is 0.487 e. The Hall–Kier alpha value is -1.87. The van der Waals surface area contributed by atoms with Gasteiger partial charge in [0.25, 0.3) is 0 Å². The first kappa shape index (κ1) is 13.6. The maximum atomic E-state index is 6.10. The fourth-order valence-corrected chi connectivity index (χ4v) is 1.95. The quantitative estimate of drug-likeness (QED) is 0.892. The number of pyridine rings is 1. The van der Waals surface area contributed by atoms with Gasteiger partial charge in [-0.1, -0.05) is 31.2 Å². The molecule has 1 aromatic heterocycles. The molecule has 19 heavy (non-hydrogen) atoms. The molecular formula is C16H20N2O. The number of nitrogens with zero attached hydrogens (tertiary/aromatic N) is 1. The Kier molecular flexibility index (Phi) is 4.53. The van der Waals surface area contributed by atoms with Crippen molar-refractivity contribution in [2.24, 2.45) is 5.73 Å². The standard InChI is InChI=1S/C16H20N2O/c1-3-14(17)13-8-4-5-9-16(13)19-11-15-12(2)7-6-10-18-15/h4-10,14H,3,11,17H2,1-2H3/t14-/m1/s1. The molecule has 3 heteroatoms. The van der Waals surface area contributed by atoms with E-state index in [9.17, 15) is 0 Å². The Morgan fingerprint density at radius 2 is 2.00 bits per heavy atom. The zero-order valence-electron chi connectivity index (χ0n) is 11.5. The summed E-state index contributed by atoms with van der Waals surface area (Å²) in [5.41, 5.74) is 9.25. The van der Waals surface area contributed by atoms with E-state index in [-0.39, 0.29) is 6.04 Å². The van der Waals surface area contributed by atoms with Gasteiger partial charge in [0.2, 0.25) is 0 Å². The first-order valence-corrected chi connectivity index (χ1v) is 6.60. The van der Waals surface area contributed by atoms with Crippen molar-refractivity contribution in [3.8, 4) is 5.75 Å². The van der Waals surface area contributed by atoms with Crippen LogP contribution in [0.5, 0.6) is 5.75 Å². The number of benzene rings is 1. The minimum absolute atomic E-state index is 0.0148. The number of para-hydroxylation sites is 1. The number of aromatic nitrogens is 1. The number of rotatable bonds is 5. The summed E-state index contributed by atoms with van der Waals surface area (Å²) in [6, 6.07) is 11.9. The number of hydrogen-bond acceptors (Lipinski definition) is 3. The zero-order valence-corrected chi connectivity index (χ0v) is 11.5. The lowest BCUT2D eigenvalue weighted by molar-refractivity contribution is 0.295. The van der Waals surface area contributed by atoms with Gasteiger partial charge in [0, 0.05) is 17.8 Å². The fraction of sp³-hybridized carbons (Fsp3) is 0.312. The number of ether oxygens (including phenoxy) is 1. The number of hydrogen-bond donors (Lipinski definition) is 1. The highest BCUT2D eigenvalue weighted by Gasteiger charge is 2.10. The van der Waals surface area contributed by atoms with Gasteiger partial charge in [-0.05, 0) is 31.0 Å². The van der Waals surface area contributed by atoms with E-state index in [1.165, 1.54) is 0 Å². The van der Waals surface area contributed by atoms with E-state index in [0.29, 0.717) is 6.61 Å². The summed E-state index contributed by atoms with van der Waals surface area (Å²) in [6.07, 6.45) is 2.68. The molecule has 0 fully saturated rings. The molecule has 0 aliphatic heterocycles. The highest BCUT2D eigenvalue weighted by Crippen LogP contribution is 2.26. The molecule has 3 nitrogen and oxygen atoms in total. The van der Waals surface area contributed by atoms with Crippen LogP contribution in [0.2, 0.25) is 0 Å². The van der Waals surface area contributed by atoms with E-state index in [0.717, 1.165) is 29.0 Å². The SMILES string of the molecule is CC[C@@H](N)c1ccccc1OCc1ncccc1C. The van der Waals surface area contributed by atoms with Crippen molar-refractivity contribution in [2.75, 3.05) is 0 Å². The molecule has 1 atom stereocenters. The molecule has 0 amide bonds. The molecule has 0 spiro atoms. The molecular weight excluding hydrogens is 236 g/mol. The van der Waals surface area contributed by atoms with E-state index in [1.54, 1.807) is 6.20 Å². The van der Waals surface area contributed by atoms with E-state index in [4.69, 9.17) is 10.5 Å². The maximum absolute atomic E-state index is 6.10. The van der Waals surface area contributed by atoms with Crippen molar-refractivity contribution < 1.29 is 4.74 Å².